The second-order valence-corrected chi connectivity index (χ2v) is 8.10. The van der Waals surface area contributed by atoms with Crippen LogP contribution in [-0.4, -0.2) is 41.6 Å². The van der Waals surface area contributed by atoms with E-state index in [0.717, 1.165) is 17.0 Å². The van der Waals surface area contributed by atoms with E-state index in [1.54, 1.807) is 0 Å². The molecule has 0 aliphatic heterocycles. The minimum absolute atomic E-state index is 0.0373. The summed E-state index contributed by atoms with van der Waals surface area (Å²) in [5.74, 6) is -1.91. The van der Waals surface area contributed by atoms with E-state index in [-0.39, 0.29) is 32.0 Å². The molecule has 0 saturated heterocycles. The third-order valence-electron chi connectivity index (χ3n) is 3.35. The summed E-state index contributed by atoms with van der Waals surface area (Å²) < 4.78 is 39.0. The summed E-state index contributed by atoms with van der Waals surface area (Å²) in [6.07, 6.45) is 0.958. The summed E-state index contributed by atoms with van der Waals surface area (Å²) >= 11 is 12.0. The highest BCUT2D eigenvalue weighted by molar-refractivity contribution is 7.90. The first-order valence-corrected chi connectivity index (χ1v) is 9.49. The lowest BCUT2D eigenvalue weighted by Crippen LogP contribution is -2.25. The number of sulfone groups is 1. The van der Waals surface area contributed by atoms with Crippen LogP contribution in [0.3, 0.4) is 0 Å². The number of aromatic nitrogens is 2. The van der Waals surface area contributed by atoms with E-state index >= 15 is 0 Å². The molecule has 25 heavy (non-hydrogen) atoms. The number of rotatable bonds is 5. The largest absolute Gasteiger partial charge is 0.480 e. The number of nitrogens with one attached hydrogen (secondary N) is 1. The maximum Gasteiger partial charge on any atom is 0.325 e. The minimum atomic E-state index is -3.69. The molecule has 0 spiro atoms. The predicted molar refractivity (Wildman–Crippen MR) is 92.5 cm³/mol. The molecule has 0 amide bonds. The highest BCUT2D eigenvalue weighted by atomic mass is 35.5. The molecule has 2 N–H and O–H groups in total. The number of carboxylic acids is 1. The van der Waals surface area contributed by atoms with Gasteiger partial charge >= 0.3 is 5.97 Å². The molecule has 0 fully saturated rings. The fourth-order valence-corrected chi connectivity index (χ4v) is 4.02. The summed E-state index contributed by atoms with van der Waals surface area (Å²) in [5.41, 5.74) is -0.0552. The lowest BCUT2D eigenvalue weighted by molar-refractivity contribution is -0.137. The summed E-state index contributed by atoms with van der Waals surface area (Å²) in [5, 5.41) is 15.0. The van der Waals surface area contributed by atoms with Crippen LogP contribution >= 0.6 is 23.2 Å². The standard InChI is InChI=1S/C14H14Cl2FN3O4S/c1-6(14(21)22)18-10-4-7(9(17)5-8(10)15)12-11(16)13(20(2)19-12)25(3,23)24/h4-6,18H,1-3H3,(H,21,22)/t6-/m0/s1. The first-order chi connectivity index (χ1) is 11.4. The molecule has 1 atom stereocenters. The molecule has 0 aliphatic rings. The Kier molecular flexibility index (Phi) is 5.31. The Morgan fingerprint density at radius 1 is 1.40 bits per heavy atom. The van der Waals surface area contributed by atoms with Crippen LogP contribution in [0.1, 0.15) is 6.92 Å². The van der Waals surface area contributed by atoms with Crippen molar-refractivity contribution in [2.75, 3.05) is 11.6 Å². The lowest BCUT2D eigenvalue weighted by atomic mass is 10.1. The number of hydrogen-bond donors (Lipinski definition) is 2. The van der Waals surface area contributed by atoms with Crippen molar-refractivity contribution in [1.29, 1.82) is 0 Å². The maximum atomic E-state index is 14.3. The monoisotopic (exact) mass is 409 g/mol. The van der Waals surface area contributed by atoms with Crippen LogP contribution in [0.5, 0.6) is 0 Å². The van der Waals surface area contributed by atoms with E-state index in [1.165, 1.54) is 20.0 Å². The molecule has 2 aromatic rings. The van der Waals surface area contributed by atoms with E-state index in [4.69, 9.17) is 28.3 Å². The highest BCUT2D eigenvalue weighted by Crippen LogP contribution is 2.37. The molecular formula is C14H14Cl2FN3O4S. The number of aryl methyl sites for hydroxylation is 1. The van der Waals surface area contributed by atoms with Gasteiger partial charge in [0.2, 0.25) is 0 Å². The number of halogens is 3. The Bertz CT molecular complexity index is 959. The first kappa shape index (κ1) is 19.5. The second kappa shape index (κ2) is 6.81. The molecule has 136 valence electrons. The van der Waals surface area contributed by atoms with Gasteiger partial charge in [0.1, 0.15) is 22.6 Å². The quantitative estimate of drug-likeness (QED) is 0.786. The van der Waals surface area contributed by atoms with E-state index < -0.39 is 27.7 Å². The van der Waals surface area contributed by atoms with Gasteiger partial charge in [-0.05, 0) is 19.1 Å². The van der Waals surface area contributed by atoms with Crippen molar-refractivity contribution in [3.63, 3.8) is 0 Å². The third kappa shape index (κ3) is 3.88. The molecule has 7 nitrogen and oxygen atoms in total. The molecule has 0 saturated carbocycles. The third-order valence-corrected chi connectivity index (χ3v) is 5.30. The number of anilines is 1. The molecule has 2 rings (SSSR count). The number of carboxylic acid groups (broad SMARTS) is 1. The summed E-state index contributed by atoms with van der Waals surface area (Å²) in [4.78, 5) is 11.0. The van der Waals surface area contributed by atoms with Crippen molar-refractivity contribution in [3.8, 4) is 11.3 Å². The van der Waals surface area contributed by atoms with Gasteiger partial charge in [-0.25, -0.2) is 12.8 Å². The van der Waals surface area contributed by atoms with Gasteiger partial charge in [0.25, 0.3) is 0 Å². The molecule has 0 radical (unpaired) electrons. The van der Waals surface area contributed by atoms with Crippen molar-refractivity contribution in [2.24, 2.45) is 7.05 Å². The SMILES string of the molecule is C[C@H](Nc1cc(-c2nn(C)c(S(C)(=O)=O)c2Cl)c(F)cc1Cl)C(=O)O. The molecule has 0 unspecified atom stereocenters. The topological polar surface area (TPSA) is 101 Å². The van der Waals surface area contributed by atoms with Crippen LogP contribution in [0.25, 0.3) is 11.3 Å². The molecule has 11 heteroatoms. The molecular weight excluding hydrogens is 396 g/mol. The van der Waals surface area contributed by atoms with Gasteiger partial charge in [-0.3, -0.25) is 9.48 Å². The molecule has 0 bridgehead atoms. The molecule has 1 aromatic heterocycles. The molecule has 0 aliphatic carbocycles. The van der Waals surface area contributed by atoms with Gasteiger partial charge in [0.15, 0.2) is 14.9 Å². The van der Waals surface area contributed by atoms with Gasteiger partial charge in [0.05, 0.1) is 10.7 Å². The van der Waals surface area contributed by atoms with Crippen LogP contribution in [-0.2, 0) is 21.7 Å². The second-order valence-electron chi connectivity index (χ2n) is 5.38. The van der Waals surface area contributed by atoms with Gasteiger partial charge in [-0.15, -0.1) is 0 Å². The van der Waals surface area contributed by atoms with E-state index in [2.05, 4.69) is 10.4 Å². The van der Waals surface area contributed by atoms with E-state index in [1.807, 2.05) is 0 Å². The predicted octanol–water partition coefficient (Wildman–Crippen LogP) is 2.82. The zero-order valence-electron chi connectivity index (χ0n) is 13.3. The van der Waals surface area contributed by atoms with E-state index in [0.29, 0.717) is 0 Å². The van der Waals surface area contributed by atoms with E-state index in [9.17, 15) is 17.6 Å². The number of nitrogens with zero attached hydrogens (tertiary/aromatic N) is 2. The summed E-state index contributed by atoms with van der Waals surface area (Å²) in [6, 6.07) is 1.22. The van der Waals surface area contributed by atoms with Crippen LogP contribution in [0.2, 0.25) is 10.0 Å². The zero-order chi connectivity index (χ0) is 19.1. The van der Waals surface area contributed by atoms with Crippen molar-refractivity contribution in [3.05, 3.63) is 28.0 Å². The summed E-state index contributed by atoms with van der Waals surface area (Å²) in [6.45, 7) is 1.39. The minimum Gasteiger partial charge on any atom is -0.480 e. The number of carbonyl (C=O) groups is 1. The van der Waals surface area contributed by atoms with Crippen molar-refractivity contribution >= 4 is 44.7 Å². The van der Waals surface area contributed by atoms with Crippen molar-refractivity contribution in [1.82, 2.24) is 9.78 Å². The van der Waals surface area contributed by atoms with Crippen LogP contribution in [0.4, 0.5) is 10.1 Å². The number of hydrogen-bond acceptors (Lipinski definition) is 5. The number of benzene rings is 1. The Morgan fingerprint density at radius 3 is 2.48 bits per heavy atom. The van der Waals surface area contributed by atoms with Gasteiger partial charge in [-0.2, -0.15) is 5.10 Å². The average molecular weight is 410 g/mol. The normalized spacial score (nSPS) is 12.9. The van der Waals surface area contributed by atoms with Crippen molar-refractivity contribution in [2.45, 2.75) is 18.0 Å². The average Bonchev–Trinajstić information content (AvgIpc) is 2.76. The fraction of sp³-hybridized carbons (Fsp3) is 0.286. The Hall–Kier alpha value is -1.84. The highest BCUT2D eigenvalue weighted by Gasteiger charge is 2.26. The Morgan fingerprint density at radius 2 is 2.00 bits per heavy atom. The summed E-state index contributed by atoms with van der Waals surface area (Å²) in [7, 11) is -2.32. The smallest absolute Gasteiger partial charge is 0.325 e. The lowest BCUT2D eigenvalue weighted by Gasteiger charge is -2.14. The molecule has 1 aromatic carbocycles. The number of aliphatic carboxylic acids is 1. The van der Waals surface area contributed by atoms with Gasteiger partial charge in [0, 0.05) is 18.9 Å². The Labute approximate surface area is 153 Å². The molecule has 1 heterocycles. The van der Waals surface area contributed by atoms with Crippen LogP contribution in [0, 0.1) is 5.82 Å². The van der Waals surface area contributed by atoms with Crippen LogP contribution in [0.15, 0.2) is 17.2 Å². The Balaban J connectivity index is 2.63. The van der Waals surface area contributed by atoms with Crippen molar-refractivity contribution < 1.29 is 22.7 Å². The zero-order valence-corrected chi connectivity index (χ0v) is 15.7. The van der Waals surface area contributed by atoms with Crippen LogP contribution < -0.4 is 5.32 Å². The fourth-order valence-electron chi connectivity index (χ4n) is 2.19. The maximum absolute atomic E-state index is 14.3. The van der Waals surface area contributed by atoms with Gasteiger partial charge < -0.3 is 10.4 Å². The van der Waals surface area contributed by atoms with Gasteiger partial charge in [-0.1, -0.05) is 23.2 Å². The first-order valence-electron chi connectivity index (χ1n) is 6.84.